The molecule has 1 N–H and O–H groups in total. The quantitative estimate of drug-likeness (QED) is 0.916. The summed E-state index contributed by atoms with van der Waals surface area (Å²) in [6, 6.07) is 15.4. The van der Waals surface area contributed by atoms with E-state index in [2.05, 4.69) is 5.32 Å². The van der Waals surface area contributed by atoms with Gasteiger partial charge >= 0.3 is 0 Å². The van der Waals surface area contributed by atoms with Gasteiger partial charge in [-0.15, -0.1) is 0 Å². The molecule has 0 aromatic heterocycles. The van der Waals surface area contributed by atoms with E-state index in [1.54, 1.807) is 7.11 Å². The number of anilines is 2. The first-order valence-electron chi connectivity index (χ1n) is 7.58. The molecule has 0 saturated heterocycles. The molecule has 2 aromatic rings. The first kappa shape index (κ1) is 16.9. The smallest absolute Gasteiger partial charge is 0.234 e. The van der Waals surface area contributed by atoms with Gasteiger partial charge in [0.1, 0.15) is 5.75 Å². The minimum Gasteiger partial charge on any atom is -0.497 e. The molecule has 0 heterocycles. The van der Waals surface area contributed by atoms with Crippen molar-refractivity contribution in [2.45, 2.75) is 19.3 Å². The van der Waals surface area contributed by atoms with Crippen LogP contribution in [0.15, 0.2) is 48.5 Å². The fourth-order valence-electron chi connectivity index (χ4n) is 2.29. The lowest BCUT2D eigenvalue weighted by Crippen LogP contribution is -2.34. The molecule has 122 valence electrons. The number of nitrogens with one attached hydrogen (secondary N) is 1. The highest BCUT2D eigenvalue weighted by atomic mass is 16.5. The molecular weight excluding hydrogens is 288 g/mol. The molecule has 0 atom stereocenters. The highest BCUT2D eigenvalue weighted by molar-refractivity contribution is 5.98. The van der Waals surface area contributed by atoms with E-state index in [4.69, 9.17) is 4.74 Å². The maximum Gasteiger partial charge on any atom is 0.234 e. The van der Waals surface area contributed by atoms with Gasteiger partial charge in [0.05, 0.1) is 12.5 Å². The summed E-state index contributed by atoms with van der Waals surface area (Å²) in [6.45, 7) is 3.83. The Morgan fingerprint density at radius 1 is 1.09 bits per heavy atom. The van der Waals surface area contributed by atoms with Crippen LogP contribution in [-0.4, -0.2) is 27.1 Å². The zero-order chi connectivity index (χ0) is 17.0. The Balaban J connectivity index is 2.19. The van der Waals surface area contributed by atoms with Gasteiger partial charge in [-0.3, -0.25) is 4.79 Å². The maximum absolute atomic E-state index is 12.7. The molecule has 2 aromatic carbocycles. The van der Waals surface area contributed by atoms with E-state index < -0.39 is 5.41 Å². The second kappa shape index (κ2) is 6.73. The largest absolute Gasteiger partial charge is 0.497 e. The summed E-state index contributed by atoms with van der Waals surface area (Å²) in [5.74, 6) is 0.738. The van der Waals surface area contributed by atoms with Gasteiger partial charge in [-0.2, -0.15) is 0 Å². The fourth-order valence-corrected chi connectivity index (χ4v) is 2.29. The molecule has 0 bridgehead atoms. The number of ether oxygens (including phenoxy) is 1. The molecule has 0 aliphatic rings. The van der Waals surface area contributed by atoms with E-state index in [9.17, 15) is 4.79 Å². The highest BCUT2D eigenvalue weighted by Crippen LogP contribution is 2.27. The topological polar surface area (TPSA) is 41.6 Å². The summed E-state index contributed by atoms with van der Waals surface area (Å²) >= 11 is 0. The molecule has 0 saturated carbocycles. The monoisotopic (exact) mass is 312 g/mol. The molecule has 4 nitrogen and oxygen atoms in total. The molecule has 0 spiro atoms. The summed E-state index contributed by atoms with van der Waals surface area (Å²) < 4.78 is 5.17. The standard InChI is InChI=1S/C19H24N2O2/c1-19(2,14-9-11-17(23-5)12-10-14)18(22)20-15-7-6-8-16(13-15)21(3)4/h6-13H,1-5H3,(H,20,22). The van der Waals surface area contributed by atoms with Crippen LogP contribution >= 0.6 is 0 Å². The van der Waals surface area contributed by atoms with E-state index in [1.807, 2.05) is 81.4 Å². The first-order valence-corrected chi connectivity index (χ1v) is 7.58. The zero-order valence-electron chi connectivity index (χ0n) is 14.4. The van der Waals surface area contributed by atoms with Crippen LogP contribution in [0.5, 0.6) is 5.75 Å². The van der Waals surface area contributed by atoms with E-state index in [0.717, 1.165) is 22.7 Å². The van der Waals surface area contributed by atoms with Crippen molar-refractivity contribution in [1.29, 1.82) is 0 Å². The number of methoxy groups -OCH3 is 1. The van der Waals surface area contributed by atoms with Gasteiger partial charge in [-0.25, -0.2) is 0 Å². The van der Waals surface area contributed by atoms with Crippen molar-refractivity contribution < 1.29 is 9.53 Å². The minimum atomic E-state index is -0.638. The van der Waals surface area contributed by atoms with Crippen LogP contribution in [-0.2, 0) is 10.2 Å². The van der Waals surface area contributed by atoms with Gasteiger partial charge in [0.25, 0.3) is 0 Å². The van der Waals surface area contributed by atoms with Crippen LogP contribution in [0.4, 0.5) is 11.4 Å². The number of hydrogen-bond acceptors (Lipinski definition) is 3. The Morgan fingerprint density at radius 3 is 2.30 bits per heavy atom. The van der Waals surface area contributed by atoms with Gasteiger partial charge < -0.3 is 15.0 Å². The molecule has 1 amide bonds. The van der Waals surface area contributed by atoms with E-state index in [-0.39, 0.29) is 5.91 Å². The number of nitrogens with zero attached hydrogens (tertiary/aromatic N) is 1. The Labute approximate surface area is 138 Å². The number of rotatable bonds is 5. The number of benzene rings is 2. The first-order chi connectivity index (χ1) is 10.8. The van der Waals surface area contributed by atoms with E-state index >= 15 is 0 Å². The van der Waals surface area contributed by atoms with Gasteiger partial charge in [0.15, 0.2) is 0 Å². The van der Waals surface area contributed by atoms with Crippen molar-refractivity contribution in [1.82, 2.24) is 0 Å². The van der Waals surface area contributed by atoms with Crippen LogP contribution in [0.2, 0.25) is 0 Å². The average molecular weight is 312 g/mol. The van der Waals surface area contributed by atoms with Crippen LogP contribution in [0.1, 0.15) is 19.4 Å². The Hall–Kier alpha value is -2.49. The van der Waals surface area contributed by atoms with Crippen molar-refractivity contribution >= 4 is 17.3 Å². The summed E-state index contributed by atoms with van der Waals surface area (Å²) in [7, 11) is 5.58. The van der Waals surface area contributed by atoms with Crippen molar-refractivity contribution in [3.63, 3.8) is 0 Å². The number of carbonyl (C=O) groups excluding carboxylic acids is 1. The van der Waals surface area contributed by atoms with E-state index in [0.29, 0.717) is 0 Å². The van der Waals surface area contributed by atoms with Crippen LogP contribution in [0.3, 0.4) is 0 Å². The Bertz CT molecular complexity index is 676. The van der Waals surface area contributed by atoms with Gasteiger partial charge in [-0.05, 0) is 49.7 Å². The molecule has 4 heteroatoms. The third-order valence-electron chi connectivity index (χ3n) is 4.00. The number of amides is 1. The fraction of sp³-hybridized carbons (Fsp3) is 0.316. The third-order valence-corrected chi connectivity index (χ3v) is 4.00. The summed E-state index contributed by atoms with van der Waals surface area (Å²) in [6.07, 6.45) is 0. The highest BCUT2D eigenvalue weighted by Gasteiger charge is 2.29. The van der Waals surface area contributed by atoms with Crippen molar-refractivity contribution in [2.75, 3.05) is 31.4 Å². The molecule has 2 rings (SSSR count). The van der Waals surface area contributed by atoms with Crippen LogP contribution in [0.25, 0.3) is 0 Å². The second-order valence-corrected chi connectivity index (χ2v) is 6.25. The summed E-state index contributed by atoms with van der Waals surface area (Å²) in [5.41, 5.74) is 2.15. The average Bonchev–Trinajstić information content (AvgIpc) is 2.55. The molecular formula is C19H24N2O2. The molecule has 0 fully saturated rings. The van der Waals surface area contributed by atoms with Crippen molar-refractivity contribution in [3.05, 3.63) is 54.1 Å². The van der Waals surface area contributed by atoms with E-state index in [1.165, 1.54) is 0 Å². The second-order valence-electron chi connectivity index (χ2n) is 6.25. The van der Waals surface area contributed by atoms with Crippen LogP contribution in [0, 0.1) is 0 Å². The van der Waals surface area contributed by atoms with Crippen LogP contribution < -0.4 is 15.0 Å². The third kappa shape index (κ3) is 3.83. The predicted octanol–water partition coefficient (Wildman–Crippen LogP) is 3.68. The minimum absolute atomic E-state index is 0.0430. The Morgan fingerprint density at radius 2 is 1.74 bits per heavy atom. The molecule has 0 radical (unpaired) electrons. The van der Waals surface area contributed by atoms with Gasteiger partial charge in [-0.1, -0.05) is 18.2 Å². The van der Waals surface area contributed by atoms with Gasteiger partial charge in [0, 0.05) is 25.5 Å². The lowest BCUT2D eigenvalue weighted by molar-refractivity contribution is -0.120. The molecule has 23 heavy (non-hydrogen) atoms. The zero-order valence-corrected chi connectivity index (χ0v) is 14.4. The summed E-state index contributed by atoms with van der Waals surface area (Å²) in [4.78, 5) is 14.7. The SMILES string of the molecule is COc1ccc(C(C)(C)C(=O)Nc2cccc(N(C)C)c2)cc1. The van der Waals surface area contributed by atoms with Gasteiger partial charge in [0.2, 0.25) is 5.91 Å². The lowest BCUT2D eigenvalue weighted by Gasteiger charge is -2.25. The number of carbonyl (C=O) groups is 1. The predicted molar refractivity (Wildman–Crippen MR) is 95.4 cm³/mol. The summed E-state index contributed by atoms with van der Waals surface area (Å²) in [5, 5.41) is 3.01. The van der Waals surface area contributed by atoms with Crippen molar-refractivity contribution in [2.24, 2.45) is 0 Å². The Kier molecular flexibility index (Phi) is 4.94. The molecule has 0 unspecified atom stereocenters. The lowest BCUT2D eigenvalue weighted by atomic mass is 9.83. The number of hydrogen-bond donors (Lipinski definition) is 1. The maximum atomic E-state index is 12.7. The van der Waals surface area contributed by atoms with Crippen molar-refractivity contribution in [3.8, 4) is 5.75 Å². The molecule has 0 aliphatic heterocycles. The normalized spacial score (nSPS) is 11.0. The molecule has 0 aliphatic carbocycles.